The van der Waals surface area contributed by atoms with Crippen molar-refractivity contribution >= 4 is 6.09 Å². The van der Waals surface area contributed by atoms with Crippen molar-refractivity contribution in [1.82, 2.24) is 4.90 Å². The van der Waals surface area contributed by atoms with E-state index >= 15 is 0 Å². The highest BCUT2D eigenvalue weighted by Gasteiger charge is 2.68. The van der Waals surface area contributed by atoms with Crippen molar-refractivity contribution in [2.24, 2.45) is 5.92 Å². The molecule has 1 unspecified atom stereocenters. The van der Waals surface area contributed by atoms with E-state index in [4.69, 9.17) is 4.74 Å². The van der Waals surface area contributed by atoms with Crippen LogP contribution in [0.5, 0.6) is 0 Å². The number of hydrogen-bond acceptors (Lipinski definition) is 2. The van der Waals surface area contributed by atoms with Gasteiger partial charge in [0.15, 0.2) is 0 Å². The van der Waals surface area contributed by atoms with Crippen molar-refractivity contribution in [2.45, 2.75) is 30.5 Å². The second-order valence-corrected chi connectivity index (χ2v) is 5.55. The summed E-state index contributed by atoms with van der Waals surface area (Å²) in [6.45, 7) is 3.90. The van der Waals surface area contributed by atoms with E-state index in [2.05, 4.69) is 6.58 Å². The smallest absolute Gasteiger partial charge is 0.411 e. The largest absolute Gasteiger partial charge is 0.439 e. The summed E-state index contributed by atoms with van der Waals surface area (Å²) in [5.74, 6) is 0.569. The van der Waals surface area contributed by atoms with Crippen LogP contribution in [0.3, 0.4) is 0 Å². The molecule has 1 aliphatic carbocycles. The lowest BCUT2D eigenvalue weighted by molar-refractivity contribution is 0.0901. The molecule has 0 radical (unpaired) electrons. The van der Waals surface area contributed by atoms with Gasteiger partial charge in [0.25, 0.3) is 0 Å². The number of benzene rings is 1. The van der Waals surface area contributed by atoms with Gasteiger partial charge in [-0.2, -0.15) is 0 Å². The number of ether oxygens (including phenoxy) is 1. The highest BCUT2D eigenvalue weighted by Crippen LogP contribution is 2.61. The Balaban J connectivity index is 1.74. The van der Waals surface area contributed by atoms with Gasteiger partial charge in [0, 0.05) is 0 Å². The van der Waals surface area contributed by atoms with Gasteiger partial charge in [-0.25, -0.2) is 4.79 Å². The van der Waals surface area contributed by atoms with Gasteiger partial charge < -0.3 is 4.74 Å². The van der Waals surface area contributed by atoms with Crippen LogP contribution in [-0.2, 0) is 4.74 Å². The first-order valence-corrected chi connectivity index (χ1v) is 6.44. The standard InChI is InChI=1S/C15H15NO2/c1-2-15-8-11(9-15)12-13(18-14(17)16(12)15)10-6-4-3-5-7-10/h2-7,11-13H,1,8-9H2/t11?,12?,13-,15?/m1/s1. The lowest BCUT2D eigenvalue weighted by atomic mass is 9.71. The number of cyclic esters (lactones) is 1. The topological polar surface area (TPSA) is 29.5 Å². The average Bonchev–Trinajstić information content (AvgIpc) is 2.96. The van der Waals surface area contributed by atoms with Crippen molar-refractivity contribution in [3.05, 3.63) is 48.6 Å². The van der Waals surface area contributed by atoms with Gasteiger partial charge in [-0.1, -0.05) is 36.4 Å². The molecule has 0 spiro atoms. The van der Waals surface area contributed by atoms with Crippen LogP contribution in [0, 0.1) is 5.92 Å². The highest BCUT2D eigenvalue weighted by molar-refractivity contribution is 5.74. The minimum absolute atomic E-state index is 0.104. The highest BCUT2D eigenvalue weighted by atomic mass is 16.6. The quantitative estimate of drug-likeness (QED) is 0.745. The van der Waals surface area contributed by atoms with Crippen LogP contribution in [0.25, 0.3) is 0 Å². The summed E-state index contributed by atoms with van der Waals surface area (Å²) in [5.41, 5.74) is 0.987. The van der Waals surface area contributed by atoms with Gasteiger partial charge in [0.05, 0.1) is 11.6 Å². The van der Waals surface area contributed by atoms with E-state index in [0.717, 1.165) is 18.4 Å². The van der Waals surface area contributed by atoms with Gasteiger partial charge in [0.1, 0.15) is 6.10 Å². The number of rotatable bonds is 2. The summed E-state index contributed by atoms with van der Waals surface area (Å²) in [4.78, 5) is 14.0. The Hall–Kier alpha value is -1.77. The van der Waals surface area contributed by atoms with E-state index in [1.807, 2.05) is 41.3 Å². The normalized spacial score (nSPS) is 40.1. The van der Waals surface area contributed by atoms with E-state index in [9.17, 15) is 4.79 Å². The first-order chi connectivity index (χ1) is 8.75. The second kappa shape index (κ2) is 3.16. The van der Waals surface area contributed by atoms with E-state index in [-0.39, 0.29) is 23.8 Å². The van der Waals surface area contributed by atoms with Crippen LogP contribution in [0.15, 0.2) is 43.0 Å². The predicted molar refractivity (Wildman–Crippen MR) is 66.9 cm³/mol. The Morgan fingerprint density at radius 1 is 1.33 bits per heavy atom. The molecule has 1 aromatic carbocycles. The fourth-order valence-corrected chi connectivity index (χ4v) is 3.89. The summed E-state index contributed by atoms with van der Waals surface area (Å²) in [7, 11) is 0. The Kier molecular flexibility index (Phi) is 1.79. The van der Waals surface area contributed by atoms with Crippen LogP contribution in [0.4, 0.5) is 4.79 Å². The summed E-state index contributed by atoms with van der Waals surface area (Å²) < 4.78 is 5.58. The molecule has 2 bridgehead atoms. The Bertz CT molecular complexity index is 519. The molecule has 4 aliphatic rings. The molecule has 0 aromatic heterocycles. The average molecular weight is 241 g/mol. The monoisotopic (exact) mass is 241 g/mol. The molecule has 3 aliphatic heterocycles. The Morgan fingerprint density at radius 3 is 2.72 bits per heavy atom. The molecule has 18 heavy (non-hydrogen) atoms. The number of nitrogens with zero attached hydrogens (tertiary/aromatic N) is 1. The van der Waals surface area contributed by atoms with E-state index in [1.54, 1.807) is 0 Å². The minimum Gasteiger partial charge on any atom is -0.439 e. The third kappa shape index (κ3) is 1.03. The van der Waals surface area contributed by atoms with Gasteiger partial charge in [-0.15, -0.1) is 6.58 Å². The molecular formula is C15H15NO2. The maximum absolute atomic E-state index is 12.1. The summed E-state index contributed by atoms with van der Waals surface area (Å²) in [6, 6.07) is 10.3. The molecular weight excluding hydrogens is 226 g/mol. The van der Waals surface area contributed by atoms with Gasteiger partial charge in [-0.05, 0) is 24.3 Å². The fraction of sp³-hybridized carbons (Fsp3) is 0.400. The van der Waals surface area contributed by atoms with Crippen molar-refractivity contribution in [3.8, 4) is 0 Å². The van der Waals surface area contributed by atoms with Crippen LogP contribution < -0.4 is 0 Å². The Labute approximate surface area is 106 Å². The van der Waals surface area contributed by atoms with Gasteiger partial charge in [0.2, 0.25) is 0 Å². The molecule has 1 amide bonds. The van der Waals surface area contributed by atoms with E-state index < -0.39 is 0 Å². The van der Waals surface area contributed by atoms with Crippen LogP contribution in [-0.4, -0.2) is 22.6 Å². The van der Waals surface area contributed by atoms with Crippen molar-refractivity contribution < 1.29 is 9.53 Å². The molecule has 4 fully saturated rings. The molecule has 0 N–H and O–H groups in total. The predicted octanol–water partition coefficient (Wildman–Crippen LogP) is 2.90. The SMILES string of the molecule is C=CC12CC(C1)C1[C@@H](c3ccccc3)OC(=O)N12. The Morgan fingerprint density at radius 2 is 2.06 bits per heavy atom. The zero-order chi connectivity index (χ0) is 12.3. The third-order valence-corrected chi connectivity index (χ3v) is 4.73. The fourth-order valence-electron chi connectivity index (χ4n) is 3.89. The molecule has 3 saturated heterocycles. The molecule has 3 heterocycles. The molecule has 92 valence electrons. The summed E-state index contributed by atoms with van der Waals surface area (Å²) in [6.07, 6.45) is 3.76. The molecule has 3 nitrogen and oxygen atoms in total. The van der Waals surface area contributed by atoms with Gasteiger partial charge >= 0.3 is 6.09 Å². The lowest BCUT2D eigenvalue weighted by Gasteiger charge is -2.38. The molecule has 1 saturated carbocycles. The first kappa shape index (κ1) is 10.2. The number of hydrogen-bond donors (Lipinski definition) is 0. The number of carbonyl (C=O) groups excluding carboxylic acids is 1. The maximum Gasteiger partial charge on any atom is 0.411 e. The van der Waals surface area contributed by atoms with Crippen LogP contribution in [0.2, 0.25) is 0 Å². The zero-order valence-electron chi connectivity index (χ0n) is 10.1. The summed E-state index contributed by atoms with van der Waals surface area (Å²) >= 11 is 0. The summed E-state index contributed by atoms with van der Waals surface area (Å²) in [5, 5.41) is 0. The first-order valence-electron chi connectivity index (χ1n) is 6.44. The second-order valence-electron chi connectivity index (χ2n) is 5.55. The van der Waals surface area contributed by atoms with Crippen molar-refractivity contribution in [2.75, 3.05) is 0 Å². The van der Waals surface area contributed by atoms with Crippen LogP contribution in [0.1, 0.15) is 24.5 Å². The molecule has 3 heteroatoms. The van der Waals surface area contributed by atoms with E-state index in [1.165, 1.54) is 0 Å². The van der Waals surface area contributed by atoms with E-state index in [0.29, 0.717) is 5.92 Å². The third-order valence-electron chi connectivity index (χ3n) is 4.73. The van der Waals surface area contributed by atoms with Crippen LogP contribution >= 0.6 is 0 Å². The molecule has 2 atom stereocenters. The lowest BCUT2D eigenvalue weighted by Crippen LogP contribution is -2.45. The molecule has 1 aromatic rings. The maximum atomic E-state index is 12.1. The minimum atomic E-state index is -0.172. The van der Waals surface area contributed by atoms with Crippen molar-refractivity contribution in [3.63, 3.8) is 0 Å². The van der Waals surface area contributed by atoms with Gasteiger partial charge in [-0.3, -0.25) is 4.90 Å². The van der Waals surface area contributed by atoms with Crippen molar-refractivity contribution in [1.29, 1.82) is 0 Å². The molecule has 5 rings (SSSR count). The number of carbonyl (C=O) groups is 1. The number of amides is 1. The zero-order valence-corrected chi connectivity index (χ0v) is 10.1.